The lowest BCUT2D eigenvalue weighted by Gasteiger charge is -2.39. The Labute approximate surface area is 220 Å². The van der Waals surface area contributed by atoms with Crippen LogP contribution in [0.5, 0.6) is 0 Å². The molecule has 3 heterocycles. The van der Waals surface area contributed by atoms with Gasteiger partial charge in [-0.2, -0.15) is 5.10 Å². The van der Waals surface area contributed by atoms with Crippen molar-refractivity contribution in [3.63, 3.8) is 0 Å². The monoisotopic (exact) mass is 510 g/mol. The number of aliphatic hydroxyl groups excluding tert-OH is 1. The van der Waals surface area contributed by atoms with Crippen molar-refractivity contribution in [3.05, 3.63) is 83.7 Å². The molecule has 38 heavy (non-hydrogen) atoms. The molecule has 194 valence electrons. The predicted molar refractivity (Wildman–Crippen MR) is 145 cm³/mol. The molecule has 3 fully saturated rings. The highest BCUT2D eigenvalue weighted by atomic mass is 19.1. The number of nitrogens with one attached hydrogen (secondary N) is 2. The quantitative estimate of drug-likeness (QED) is 0.309. The number of H-pyrrole nitrogens is 1. The first-order valence-corrected chi connectivity index (χ1v) is 13.7. The molecule has 2 bridgehead atoms. The van der Waals surface area contributed by atoms with Crippen LogP contribution >= 0.6 is 0 Å². The average Bonchev–Trinajstić information content (AvgIpc) is 3.62. The fourth-order valence-electron chi connectivity index (χ4n) is 6.57. The van der Waals surface area contributed by atoms with Gasteiger partial charge in [0.05, 0.1) is 23.4 Å². The molecule has 7 heteroatoms. The summed E-state index contributed by atoms with van der Waals surface area (Å²) in [5.41, 5.74) is 4.89. The number of hydrogen-bond acceptors (Lipinski definition) is 4. The molecular weight excluding hydrogens is 479 g/mol. The molecule has 1 saturated carbocycles. The van der Waals surface area contributed by atoms with E-state index in [1.54, 1.807) is 18.2 Å². The highest BCUT2D eigenvalue weighted by molar-refractivity contribution is 6.01. The van der Waals surface area contributed by atoms with Crippen LogP contribution in [0.4, 0.5) is 10.1 Å². The summed E-state index contributed by atoms with van der Waals surface area (Å²) in [6.07, 6.45) is 5.74. The Balaban J connectivity index is 1.14. The van der Waals surface area contributed by atoms with Crippen LogP contribution < -0.4 is 10.2 Å². The summed E-state index contributed by atoms with van der Waals surface area (Å²) in [4.78, 5) is 15.8. The Kier molecular flexibility index (Phi) is 5.69. The molecule has 2 unspecified atom stereocenters. The molecule has 1 aromatic heterocycles. The molecule has 1 aliphatic carbocycles. The minimum Gasteiger partial charge on any atom is -0.393 e. The minimum absolute atomic E-state index is 0.184. The maximum atomic E-state index is 14.5. The maximum Gasteiger partial charge on any atom is 0.251 e. The summed E-state index contributed by atoms with van der Waals surface area (Å²) in [5.74, 6) is -0.229. The van der Waals surface area contributed by atoms with E-state index in [1.165, 1.54) is 11.8 Å². The van der Waals surface area contributed by atoms with Crippen LogP contribution in [0.3, 0.4) is 0 Å². The van der Waals surface area contributed by atoms with Gasteiger partial charge < -0.3 is 15.3 Å². The standard InChI is InChI=1S/C31H31FN4O2/c32-27-4-2-1-3-25(27)29(18-5-6-18)33-31(38)20-9-14-28-26(15-20)30(35-34-28)19-7-10-21(11-8-19)36-22-12-13-23(36)17-24(37)16-22/h1-4,7-11,14-15,18,22-24,29,37H,5-6,12-13,16-17H2,(H,33,38)(H,34,35)/t22?,23?,24?,29-/m0/s1. The van der Waals surface area contributed by atoms with Crippen molar-refractivity contribution in [1.29, 1.82) is 0 Å². The van der Waals surface area contributed by atoms with Gasteiger partial charge in [0.15, 0.2) is 0 Å². The third kappa shape index (κ3) is 4.15. The molecule has 2 saturated heterocycles. The number of benzene rings is 3. The van der Waals surface area contributed by atoms with Crippen molar-refractivity contribution in [1.82, 2.24) is 15.5 Å². The largest absolute Gasteiger partial charge is 0.393 e. The van der Waals surface area contributed by atoms with E-state index < -0.39 is 0 Å². The van der Waals surface area contributed by atoms with Gasteiger partial charge in [-0.15, -0.1) is 0 Å². The number of aromatic amines is 1. The van der Waals surface area contributed by atoms with Gasteiger partial charge in [0.25, 0.3) is 5.91 Å². The second kappa shape index (κ2) is 9.24. The molecule has 3 atom stereocenters. The first-order valence-electron chi connectivity index (χ1n) is 13.7. The van der Waals surface area contributed by atoms with Crippen molar-refractivity contribution in [2.45, 2.75) is 62.8 Å². The smallest absolute Gasteiger partial charge is 0.251 e. The zero-order valence-corrected chi connectivity index (χ0v) is 21.1. The van der Waals surface area contributed by atoms with Crippen LogP contribution in [0.15, 0.2) is 66.7 Å². The third-order valence-corrected chi connectivity index (χ3v) is 8.59. The number of aromatic nitrogens is 2. The third-order valence-electron chi connectivity index (χ3n) is 8.59. The van der Waals surface area contributed by atoms with E-state index in [0.717, 1.165) is 60.7 Å². The van der Waals surface area contributed by atoms with Crippen LogP contribution in [0, 0.1) is 11.7 Å². The summed E-state index contributed by atoms with van der Waals surface area (Å²) < 4.78 is 14.5. The molecule has 2 aliphatic heterocycles. The van der Waals surface area contributed by atoms with E-state index in [9.17, 15) is 14.3 Å². The van der Waals surface area contributed by atoms with Gasteiger partial charge in [0.1, 0.15) is 5.82 Å². The fraction of sp³-hybridized carbons (Fsp3) is 0.355. The van der Waals surface area contributed by atoms with Crippen molar-refractivity contribution >= 4 is 22.5 Å². The Morgan fingerprint density at radius 2 is 1.74 bits per heavy atom. The topological polar surface area (TPSA) is 81.2 Å². The first kappa shape index (κ1) is 23.4. The number of aliphatic hydroxyl groups is 1. The zero-order valence-electron chi connectivity index (χ0n) is 21.1. The van der Waals surface area contributed by atoms with Gasteiger partial charge in [-0.3, -0.25) is 9.89 Å². The van der Waals surface area contributed by atoms with Gasteiger partial charge in [-0.25, -0.2) is 4.39 Å². The SMILES string of the molecule is O=C(N[C@H](c1ccccc1F)C1CC1)c1ccc2[nH]nc(-c3ccc(N4C5CCC4CC(O)C5)cc3)c2c1. The summed E-state index contributed by atoms with van der Waals surface area (Å²) in [7, 11) is 0. The van der Waals surface area contributed by atoms with Gasteiger partial charge in [-0.1, -0.05) is 30.3 Å². The van der Waals surface area contributed by atoms with E-state index in [4.69, 9.17) is 0 Å². The molecule has 0 radical (unpaired) electrons. The van der Waals surface area contributed by atoms with E-state index in [1.807, 2.05) is 18.2 Å². The van der Waals surface area contributed by atoms with Crippen LogP contribution in [0.1, 0.15) is 60.5 Å². The van der Waals surface area contributed by atoms with Crippen molar-refractivity contribution in [3.8, 4) is 11.3 Å². The number of fused-ring (bicyclic) bond motifs is 3. The number of halogens is 1. The second-order valence-corrected chi connectivity index (χ2v) is 11.1. The fourth-order valence-corrected chi connectivity index (χ4v) is 6.57. The van der Waals surface area contributed by atoms with E-state index in [0.29, 0.717) is 23.2 Å². The molecule has 3 aliphatic rings. The van der Waals surface area contributed by atoms with Crippen LogP contribution in [0.2, 0.25) is 0 Å². The van der Waals surface area contributed by atoms with E-state index >= 15 is 0 Å². The van der Waals surface area contributed by atoms with E-state index in [-0.39, 0.29) is 29.8 Å². The van der Waals surface area contributed by atoms with Crippen LogP contribution in [-0.4, -0.2) is 39.4 Å². The highest BCUT2D eigenvalue weighted by Crippen LogP contribution is 2.42. The molecule has 1 amide bonds. The lowest BCUT2D eigenvalue weighted by Crippen LogP contribution is -2.44. The van der Waals surface area contributed by atoms with Crippen molar-refractivity contribution < 1.29 is 14.3 Å². The normalized spacial score (nSPS) is 23.5. The number of anilines is 1. The summed E-state index contributed by atoms with van der Waals surface area (Å²) in [5, 5.41) is 21.8. The van der Waals surface area contributed by atoms with Crippen LogP contribution in [0.25, 0.3) is 22.2 Å². The number of rotatable bonds is 6. The number of nitrogens with zero attached hydrogens (tertiary/aromatic N) is 2. The molecule has 7 rings (SSSR count). The number of hydrogen-bond donors (Lipinski definition) is 3. The first-order chi connectivity index (χ1) is 18.5. The van der Waals surface area contributed by atoms with Crippen molar-refractivity contribution in [2.75, 3.05) is 4.90 Å². The molecule has 3 aromatic carbocycles. The number of carbonyl (C=O) groups excluding carboxylic acids is 1. The van der Waals surface area contributed by atoms with Crippen LogP contribution in [-0.2, 0) is 0 Å². The van der Waals surface area contributed by atoms with Crippen molar-refractivity contribution in [2.24, 2.45) is 5.92 Å². The zero-order chi connectivity index (χ0) is 25.8. The summed E-state index contributed by atoms with van der Waals surface area (Å²) in [6, 6.07) is 21.2. The Hall–Kier alpha value is -3.71. The predicted octanol–water partition coefficient (Wildman–Crippen LogP) is 5.74. The average molecular weight is 511 g/mol. The molecule has 0 spiro atoms. The molecular formula is C31H31FN4O2. The molecule has 3 N–H and O–H groups in total. The molecule has 6 nitrogen and oxygen atoms in total. The second-order valence-electron chi connectivity index (χ2n) is 11.1. The van der Waals surface area contributed by atoms with Gasteiger partial charge in [0, 0.05) is 39.8 Å². The minimum atomic E-state index is -0.332. The number of piperidine rings is 1. The Morgan fingerprint density at radius 1 is 1.00 bits per heavy atom. The highest BCUT2D eigenvalue weighted by Gasteiger charge is 2.40. The Morgan fingerprint density at radius 3 is 2.45 bits per heavy atom. The van der Waals surface area contributed by atoms with Gasteiger partial charge in [-0.05, 0) is 80.8 Å². The van der Waals surface area contributed by atoms with Gasteiger partial charge in [0.2, 0.25) is 0 Å². The summed E-state index contributed by atoms with van der Waals surface area (Å²) >= 11 is 0. The van der Waals surface area contributed by atoms with E-state index in [2.05, 4.69) is 44.7 Å². The number of carbonyl (C=O) groups is 1. The lowest BCUT2D eigenvalue weighted by atomic mass is 9.98. The Bertz CT molecular complexity index is 1480. The lowest BCUT2D eigenvalue weighted by molar-refractivity contribution is 0.0931. The number of amides is 1. The molecule has 4 aromatic rings. The maximum absolute atomic E-state index is 14.5. The summed E-state index contributed by atoms with van der Waals surface area (Å²) in [6.45, 7) is 0. The van der Waals surface area contributed by atoms with Gasteiger partial charge >= 0.3 is 0 Å².